The number of carbonyl (C=O) groups excluding carboxylic acids is 2. The molecule has 1 atom stereocenters. The van der Waals surface area contributed by atoms with Crippen LogP contribution in [0.2, 0.25) is 0 Å². The highest BCUT2D eigenvalue weighted by atomic mass is 35.5. The third-order valence-corrected chi connectivity index (χ3v) is 4.24. The van der Waals surface area contributed by atoms with Crippen LogP contribution in [-0.2, 0) is 4.79 Å². The first-order valence-corrected chi connectivity index (χ1v) is 8.54. The largest absolute Gasteiger partial charge is 0.355 e. The van der Waals surface area contributed by atoms with E-state index in [-0.39, 0.29) is 36.1 Å². The molecule has 1 saturated heterocycles. The Morgan fingerprint density at radius 2 is 2.16 bits per heavy atom. The zero-order chi connectivity index (χ0) is 17.7. The number of aromatic nitrogens is 2. The highest BCUT2D eigenvalue weighted by molar-refractivity contribution is 5.95. The van der Waals surface area contributed by atoms with Gasteiger partial charge in [0.05, 0.1) is 17.2 Å². The molecule has 1 aromatic heterocycles. The molecule has 1 unspecified atom stereocenters. The first-order chi connectivity index (χ1) is 11.4. The van der Waals surface area contributed by atoms with Crippen LogP contribution in [0.5, 0.6) is 0 Å². The lowest BCUT2D eigenvalue weighted by Crippen LogP contribution is -2.46. The second-order valence-corrected chi connectivity index (χ2v) is 6.54. The molecule has 2 rings (SSSR count). The van der Waals surface area contributed by atoms with E-state index in [0.717, 1.165) is 18.5 Å². The molecule has 0 aliphatic carbocycles. The Balaban J connectivity index is 0.00000312. The molecule has 3 N–H and O–H groups in total. The van der Waals surface area contributed by atoms with Crippen LogP contribution < -0.4 is 11.1 Å². The van der Waals surface area contributed by atoms with E-state index < -0.39 is 0 Å². The molecule has 1 aliphatic heterocycles. The van der Waals surface area contributed by atoms with Gasteiger partial charge in [-0.3, -0.25) is 9.59 Å². The van der Waals surface area contributed by atoms with Gasteiger partial charge in [0.25, 0.3) is 5.91 Å². The summed E-state index contributed by atoms with van der Waals surface area (Å²) < 4.78 is 0. The maximum Gasteiger partial charge on any atom is 0.257 e. The van der Waals surface area contributed by atoms with Gasteiger partial charge in [-0.15, -0.1) is 12.4 Å². The number of likely N-dealkylation sites (tertiary alicyclic amines) is 1. The van der Waals surface area contributed by atoms with Gasteiger partial charge < -0.3 is 16.0 Å². The fourth-order valence-corrected chi connectivity index (χ4v) is 2.98. The van der Waals surface area contributed by atoms with E-state index in [4.69, 9.17) is 5.73 Å². The van der Waals surface area contributed by atoms with Crippen LogP contribution in [0.25, 0.3) is 0 Å². The average molecular weight is 370 g/mol. The van der Waals surface area contributed by atoms with E-state index in [1.54, 1.807) is 11.1 Å². The van der Waals surface area contributed by atoms with Gasteiger partial charge in [0.2, 0.25) is 5.91 Å². The summed E-state index contributed by atoms with van der Waals surface area (Å²) in [6, 6.07) is 0. The summed E-state index contributed by atoms with van der Waals surface area (Å²) in [5, 5.41) is 2.81. The lowest BCUT2D eigenvalue weighted by atomic mass is 9.95. The number of aryl methyl sites for hydroxylation is 1. The van der Waals surface area contributed by atoms with Crippen molar-refractivity contribution in [3.05, 3.63) is 23.3 Å². The van der Waals surface area contributed by atoms with Crippen molar-refractivity contribution in [2.24, 2.45) is 11.7 Å². The predicted octanol–water partition coefficient (Wildman–Crippen LogP) is 1.26. The molecule has 2 heterocycles. The standard InChI is InChI=1S/C17H27N5O2.ClH/c1-11(2)15-14(9-20-12(3)21-15)17(24)22-8-4-5-13(10-22)16(23)19-7-6-18;/h9,11,13H,4-8,10,18H2,1-3H3,(H,19,23);1H. The summed E-state index contributed by atoms with van der Waals surface area (Å²) in [6.45, 7) is 7.81. The van der Waals surface area contributed by atoms with Crippen LogP contribution in [0.1, 0.15) is 54.5 Å². The van der Waals surface area contributed by atoms with E-state index in [1.807, 2.05) is 20.8 Å². The molecule has 0 saturated carbocycles. The van der Waals surface area contributed by atoms with Gasteiger partial charge in [0.15, 0.2) is 0 Å². The number of amides is 2. The first-order valence-electron chi connectivity index (χ1n) is 8.54. The summed E-state index contributed by atoms with van der Waals surface area (Å²) in [7, 11) is 0. The van der Waals surface area contributed by atoms with Gasteiger partial charge in [-0.1, -0.05) is 13.8 Å². The Hall–Kier alpha value is -1.73. The number of halogens is 1. The normalized spacial score (nSPS) is 17.2. The minimum Gasteiger partial charge on any atom is -0.355 e. The molecule has 140 valence electrons. The van der Waals surface area contributed by atoms with Crippen LogP contribution in [0, 0.1) is 12.8 Å². The van der Waals surface area contributed by atoms with E-state index in [2.05, 4.69) is 15.3 Å². The molecule has 8 heteroatoms. The molecule has 7 nitrogen and oxygen atoms in total. The lowest BCUT2D eigenvalue weighted by Gasteiger charge is -2.32. The number of nitrogens with two attached hydrogens (primary N) is 1. The van der Waals surface area contributed by atoms with Crippen LogP contribution >= 0.6 is 12.4 Å². The van der Waals surface area contributed by atoms with Crippen molar-refractivity contribution in [2.75, 3.05) is 26.2 Å². The van der Waals surface area contributed by atoms with Gasteiger partial charge in [-0.05, 0) is 25.7 Å². The third-order valence-electron chi connectivity index (χ3n) is 4.24. The monoisotopic (exact) mass is 369 g/mol. The van der Waals surface area contributed by atoms with Gasteiger partial charge >= 0.3 is 0 Å². The van der Waals surface area contributed by atoms with Crippen molar-refractivity contribution >= 4 is 24.2 Å². The second-order valence-electron chi connectivity index (χ2n) is 6.54. The maximum absolute atomic E-state index is 12.9. The average Bonchev–Trinajstić information content (AvgIpc) is 2.59. The highest BCUT2D eigenvalue weighted by Gasteiger charge is 2.30. The van der Waals surface area contributed by atoms with Crippen molar-refractivity contribution in [3.63, 3.8) is 0 Å². The fraction of sp³-hybridized carbons (Fsp3) is 0.647. The molecule has 1 aromatic rings. The third kappa shape index (κ3) is 5.37. The number of hydrogen-bond acceptors (Lipinski definition) is 5. The quantitative estimate of drug-likeness (QED) is 0.813. The van der Waals surface area contributed by atoms with Crippen LogP contribution in [0.4, 0.5) is 0 Å². The van der Waals surface area contributed by atoms with Crippen molar-refractivity contribution in [1.29, 1.82) is 0 Å². The van der Waals surface area contributed by atoms with Crippen LogP contribution in [0.3, 0.4) is 0 Å². The molecule has 25 heavy (non-hydrogen) atoms. The van der Waals surface area contributed by atoms with Crippen LogP contribution in [-0.4, -0.2) is 52.9 Å². The molecule has 1 aliphatic rings. The molecule has 0 aromatic carbocycles. The SMILES string of the molecule is Cc1ncc(C(=O)N2CCCC(C(=O)NCCN)C2)c(C(C)C)n1.Cl. The Labute approximate surface area is 155 Å². The summed E-state index contributed by atoms with van der Waals surface area (Å²) >= 11 is 0. The molecular weight excluding hydrogens is 342 g/mol. The molecule has 0 spiro atoms. The number of nitrogens with zero attached hydrogens (tertiary/aromatic N) is 3. The Morgan fingerprint density at radius 1 is 1.44 bits per heavy atom. The van der Waals surface area contributed by atoms with E-state index in [1.165, 1.54) is 0 Å². The first kappa shape index (κ1) is 21.3. The van der Waals surface area contributed by atoms with Gasteiger partial charge in [0, 0.05) is 32.4 Å². The number of hydrogen-bond donors (Lipinski definition) is 2. The van der Waals surface area contributed by atoms with E-state index in [0.29, 0.717) is 37.6 Å². The van der Waals surface area contributed by atoms with Crippen molar-refractivity contribution < 1.29 is 9.59 Å². The second kappa shape index (κ2) is 9.68. The number of nitrogens with one attached hydrogen (secondary N) is 1. The number of carbonyl (C=O) groups is 2. The predicted molar refractivity (Wildman–Crippen MR) is 98.8 cm³/mol. The topological polar surface area (TPSA) is 101 Å². The zero-order valence-electron chi connectivity index (χ0n) is 15.1. The summed E-state index contributed by atoms with van der Waals surface area (Å²) in [6.07, 6.45) is 3.22. The minimum atomic E-state index is -0.178. The summed E-state index contributed by atoms with van der Waals surface area (Å²) in [4.78, 5) is 35.4. The lowest BCUT2D eigenvalue weighted by molar-refractivity contribution is -0.126. The molecule has 2 amide bonds. The summed E-state index contributed by atoms with van der Waals surface area (Å²) in [5.74, 6) is 0.507. The van der Waals surface area contributed by atoms with Crippen molar-refractivity contribution in [1.82, 2.24) is 20.2 Å². The van der Waals surface area contributed by atoms with E-state index >= 15 is 0 Å². The Bertz CT molecular complexity index is 609. The Kier molecular flexibility index (Phi) is 8.25. The van der Waals surface area contributed by atoms with Crippen molar-refractivity contribution in [3.8, 4) is 0 Å². The van der Waals surface area contributed by atoms with Gasteiger partial charge in [-0.25, -0.2) is 9.97 Å². The number of rotatable bonds is 5. The molecule has 0 bridgehead atoms. The van der Waals surface area contributed by atoms with Crippen LogP contribution in [0.15, 0.2) is 6.20 Å². The highest BCUT2D eigenvalue weighted by Crippen LogP contribution is 2.22. The summed E-state index contributed by atoms with van der Waals surface area (Å²) in [5.41, 5.74) is 6.73. The zero-order valence-corrected chi connectivity index (χ0v) is 15.9. The minimum absolute atomic E-state index is 0. The molecule has 0 radical (unpaired) electrons. The smallest absolute Gasteiger partial charge is 0.257 e. The molecular formula is C17H28ClN5O2. The Morgan fingerprint density at radius 3 is 2.80 bits per heavy atom. The van der Waals surface area contributed by atoms with Gasteiger partial charge in [0.1, 0.15) is 5.82 Å². The fourth-order valence-electron chi connectivity index (χ4n) is 2.98. The maximum atomic E-state index is 12.9. The molecule has 1 fully saturated rings. The van der Waals surface area contributed by atoms with Crippen molar-refractivity contribution in [2.45, 2.75) is 39.5 Å². The number of piperidine rings is 1. The van der Waals surface area contributed by atoms with E-state index in [9.17, 15) is 9.59 Å². The van der Waals surface area contributed by atoms with Gasteiger partial charge in [-0.2, -0.15) is 0 Å².